The van der Waals surface area contributed by atoms with Gasteiger partial charge in [-0.1, -0.05) is 6.07 Å². The van der Waals surface area contributed by atoms with Crippen LogP contribution in [0, 0.1) is 5.92 Å². The van der Waals surface area contributed by atoms with Gasteiger partial charge in [-0.25, -0.2) is 0 Å². The molecular weight excluding hydrogens is 352 g/mol. The van der Waals surface area contributed by atoms with E-state index in [4.69, 9.17) is 10.5 Å². The third-order valence-electron chi connectivity index (χ3n) is 4.10. The molecule has 0 aliphatic carbocycles. The average molecular weight is 380 g/mol. The number of carbonyl (C=O) groups is 3. The number of Topliss-reactive ketones (excluding diaryl/α,β-unsaturated/α-hetero) is 1. The summed E-state index contributed by atoms with van der Waals surface area (Å²) in [5.41, 5.74) is 6.55. The Bertz CT molecular complexity index is 647. The van der Waals surface area contributed by atoms with E-state index in [1.807, 2.05) is 0 Å². The maximum absolute atomic E-state index is 11.7. The molecule has 0 fully saturated rings. The first kappa shape index (κ1) is 22.8. The summed E-state index contributed by atoms with van der Waals surface area (Å²) in [5, 5.41) is 21.8. The molecule has 0 spiro atoms. The number of ether oxygens (including phenoxy) is 1. The van der Waals surface area contributed by atoms with Gasteiger partial charge in [-0.05, 0) is 44.4 Å². The van der Waals surface area contributed by atoms with Crippen molar-refractivity contribution in [2.45, 2.75) is 45.3 Å². The summed E-state index contributed by atoms with van der Waals surface area (Å²) in [6, 6.07) is 5.07. The summed E-state index contributed by atoms with van der Waals surface area (Å²) in [6.45, 7) is 2.42. The molecule has 150 valence electrons. The Hall–Kier alpha value is -2.29. The van der Waals surface area contributed by atoms with Gasteiger partial charge in [0, 0.05) is 12.3 Å². The number of rotatable bonds is 12. The average Bonchev–Trinajstić information content (AvgIpc) is 2.64. The molecule has 3 atom stereocenters. The first-order chi connectivity index (χ1) is 12.8. The SMILES string of the molecule is CC(=O)CCc1ccc(OC(CO)CC(C=O)C(C)O)c(NC(=O)CN)c1. The topological polar surface area (TPSA) is 139 Å². The largest absolute Gasteiger partial charge is 0.486 e. The molecule has 3 unspecified atom stereocenters. The minimum atomic E-state index is -0.870. The van der Waals surface area contributed by atoms with E-state index in [2.05, 4.69) is 5.32 Å². The Kier molecular flexibility index (Phi) is 9.63. The number of ketones is 1. The zero-order valence-electron chi connectivity index (χ0n) is 15.7. The summed E-state index contributed by atoms with van der Waals surface area (Å²) >= 11 is 0. The van der Waals surface area contributed by atoms with Crippen LogP contribution in [0.5, 0.6) is 5.75 Å². The summed E-state index contributed by atoms with van der Waals surface area (Å²) in [6.07, 6.45) is 0.0166. The van der Waals surface area contributed by atoms with Crippen molar-refractivity contribution >= 4 is 23.7 Å². The number of hydrogen-bond acceptors (Lipinski definition) is 7. The zero-order valence-corrected chi connectivity index (χ0v) is 15.7. The Balaban J connectivity index is 3.02. The van der Waals surface area contributed by atoms with E-state index >= 15 is 0 Å². The summed E-state index contributed by atoms with van der Waals surface area (Å²) in [5.74, 6) is -0.739. The van der Waals surface area contributed by atoms with E-state index in [0.29, 0.717) is 30.6 Å². The van der Waals surface area contributed by atoms with Crippen molar-refractivity contribution in [3.8, 4) is 5.75 Å². The van der Waals surface area contributed by atoms with Crippen LogP contribution in [0.2, 0.25) is 0 Å². The second-order valence-electron chi connectivity index (χ2n) is 6.48. The van der Waals surface area contributed by atoms with Gasteiger partial charge in [0.05, 0.1) is 24.9 Å². The van der Waals surface area contributed by atoms with Gasteiger partial charge in [-0.2, -0.15) is 0 Å². The normalized spacial score (nSPS) is 14.1. The quantitative estimate of drug-likeness (QED) is 0.386. The van der Waals surface area contributed by atoms with Gasteiger partial charge in [0.25, 0.3) is 0 Å². The van der Waals surface area contributed by atoms with Gasteiger partial charge in [0.15, 0.2) is 0 Å². The smallest absolute Gasteiger partial charge is 0.238 e. The molecule has 8 heteroatoms. The molecule has 0 bridgehead atoms. The van der Waals surface area contributed by atoms with Gasteiger partial charge in [-0.3, -0.25) is 4.79 Å². The number of carbonyl (C=O) groups excluding carboxylic acids is 3. The highest BCUT2D eigenvalue weighted by Gasteiger charge is 2.22. The molecule has 1 rings (SSSR count). The monoisotopic (exact) mass is 380 g/mol. The van der Waals surface area contributed by atoms with Gasteiger partial charge in [0.1, 0.15) is 23.9 Å². The van der Waals surface area contributed by atoms with Crippen LogP contribution >= 0.6 is 0 Å². The van der Waals surface area contributed by atoms with E-state index in [-0.39, 0.29) is 25.4 Å². The van der Waals surface area contributed by atoms with E-state index in [0.717, 1.165) is 5.56 Å². The Morgan fingerprint density at radius 3 is 2.59 bits per heavy atom. The number of aryl methyl sites for hydroxylation is 1. The molecule has 0 heterocycles. The van der Waals surface area contributed by atoms with E-state index in [1.165, 1.54) is 13.8 Å². The van der Waals surface area contributed by atoms with Crippen LogP contribution in [0.25, 0.3) is 0 Å². The Morgan fingerprint density at radius 1 is 1.37 bits per heavy atom. The van der Waals surface area contributed by atoms with Crippen molar-refractivity contribution in [3.05, 3.63) is 23.8 Å². The molecule has 1 aromatic rings. The predicted molar refractivity (Wildman–Crippen MR) is 100 cm³/mol. The van der Waals surface area contributed by atoms with Crippen molar-refractivity contribution in [1.82, 2.24) is 0 Å². The Labute approximate surface area is 158 Å². The zero-order chi connectivity index (χ0) is 20.4. The predicted octanol–water partition coefficient (Wildman–Crippen LogP) is 0.431. The second-order valence-corrected chi connectivity index (χ2v) is 6.48. The number of benzene rings is 1. The lowest BCUT2D eigenvalue weighted by molar-refractivity contribution is -0.117. The molecule has 0 aliphatic heterocycles. The van der Waals surface area contributed by atoms with Crippen LogP contribution < -0.4 is 15.8 Å². The number of aliphatic hydroxyl groups is 2. The van der Waals surface area contributed by atoms with Crippen molar-refractivity contribution in [1.29, 1.82) is 0 Å². The summed E-state index contributed by atoms with van der Waals surface area (Å²) in [4.78, 5) is 34.0. The minimum Gasteiger partial charge on any atom is -0.486 e. The van der Waals surface area contributed by atoms with Crippen molar-refractivity contribution in [2.75, 3.05) is 18.5 Å². The van der Waals surface area contributed by atoms with Crippen LogP contribution in [-0.4, -0.2) is 53.5 Å². The lowest BCUT2D eigenvalue weighted by Crippen LogP contribution is -2.30. The molecule has 1 aromatic carbocycles. The number of hydrogen-bond donors (Lipinski definition) is 4. The maximum atomic E-state index is 11.7. The highest BCUT2D eigenvalue weighted by Crippen LogP contribution is 2.28. The number of aliphatic hydroxyl groups excluding tert-OH is 2. The Morgan fingerprint density at radius 2 is 2.07 bits per heavy atom. The van der Waals surface area contributed by atoms with Crippen molar-refractivity contribution < 1.29 is 29.3 Å². The van der Waals surface area contributed by atoms with Gasteiger partial charge in [-0.15, -0.1) is 0 Å². The van der Waals surface area contributed by atoms with Crippen LogP contribution in [0.1, 0.15) is 32.3 Å². The summed E-state index contributed by atoms with van der Waals surface area (Å²) < 4.78 is 5.76. The summed E-state index contributed by atoms with van der Waals surface area (Å²) in [7, 11) is 0. The van der Waals surface area contributed by atoms with Crippen molar-refractivity contribution in [3.63, 3.8) is 0 Å². The number of amides is 1. The van der Waals surface area contributed by atoms with E-state index in [1.54, 1.807) is 18.2 Å². The van der Waals surface area contributed by atoms with Crippen molar-refractivity contribution in [2.24, 2.45) is 11.7 Å². The standard InChI is InChI=1S/C19H28N2O6/c1-12(24)3-4-14-5-6-18(17(7-14)21-19(26)9-20)27-16(11-23)8-15(10-22)13(2)25/h5-7,10,13,15-16,23,25H,3-4,8-9,11,20H2,1-2H3,(H,21,26). The van der Waals surface area contributed by atoms with Gasteiger partial charge < -0.3 is 35.6 Å². The first-order valence-electron chi connectivity index (χ1n) is 8.83. The number of nitrogens with two attached hydrogens (primary N) is 1. The fourth-order valence-electron chi connectivity index (χ4n) is 2.46. The van der Waals surface area contributed by atoms with Gasteiger partial charge >= 0.3 is 0 Å². The van der Waals surface area contributed by atoms with Crippen LogP contribution in [0.4, 0.5) is 5.69 Å². The maximum Gasteiger partial charge on any atom is 0.238 e. The highest BCUT2D eigenvalue weighted by molar-refractivity contribution is 5.93. The molecule has 0 radical (unpaired) electrons. The van der Waals surface area contributed by atoms with Crippen LogP contribution in [0.3, 0.4) is 0 Å². The van der Waals surface area contributed by atoms with Crippen LogP contribution in [-0.2, 0) is 20.8 Å². The fraction of sp³-hybridized carbons (Fsp3) is 0.526. The van der Waals surface area contributed by atoms with Crippen LogP contribution in [0.15, 0.2) is 18.2 Å². The molecule has 5 N–H and O–H groups in total. The highest BCUT2D eigenvalue weighted by atomic mass is 16.5. The molecule has 27 heavy (non-hydrogen) atoms. The molecule has 0 aliphatic rings. The molecule has 0 saturated heterocycles. The number of nitrogens with one attached hydrogen (secondary N) is 1. The molecular formula is C19H28N2O6. The van der Waals surface area contributed by atoms with E-state index < -0.39 is 24.0 Å². The van der Waals surface area contributed by atoms with Gasteiger partial charge in [0.2, 0.25) is 5.91 Å². The second kappa shape index (κ2) is 11.4. The first-order valence-corrected chi connectivity index (χ1v) is 8.83. The van der Waals surface area contributed by atoms with E-state index in [9.17, 15) is 24.6 Å². The third kappa shape index (κ3) is 7.86. The number of anilines is 1. The lowest BCUT2D eigenvalue weighted by Gasteiger charge is -2.23. The lowest BCUT2D eigenvalue weighted by atomic mass is 9.98. The molecule has 0 saturated carbocycles. The molecule has 8 nitrogen and oxygen atoms in total. The minimum absolute atomic E-state index is 0.0567. The number of aldehydes is 1. The molecule has 1 amide bonds. The fourth-order valence-corrected chi connectivity index (χ4v) is 2.46. The third-order valence-corrected chi connectivity index (χ3v) is 4.10. The molecule has 0 aromatic heterocycles.